The Hall–Kier alpha value is -0.960. The summed E-state index contributed by atoms with van der Waals surface area (Å²) in [5.41, 5.74) is 6.84. The Bertz CT molecular complexity index is 295. The van der Waals surface area contributed by atoms with Crippen LogP contribution in [0.2, 0.25) is 0 Å². The molecule has 0 heterocycles. The fourth-order valence-electron chi connectivity index (χ4n) is 1.00. The van der Waals surface area contributed by atoms with Gasteiger partial charge in [0.2, 0.25) is 0 Å². The summed E-state index contributed by atoms with van der Waals surface area (Å²) in [6, 6.07) is 9.86. The second kappa shape index (κ2) is 5.70. The average Bonchev–Trinajstić information content (AvgIpc) is 2.26. The Morgan fingerprint density at radius 2 is 2.07 bits per heavy atom. The lowest BCUT2D eigenvalue weighted by Crippen LogP contribution is -2.15. The predicted octanol–water partition coefficient (Wildman–Crippen LogP) is 2.14. The van der Waals surface area contributed by atoms with Gasteiger partial charge in [-0.05, 0) is 6.26 Å². The van der Waals surface area contributed by atoms with E-state index in [1.54, 1.807) is 11.8 Å². The molecule has 0 saturated heterocycles. The van der Waals surface area contributed by atoms with Crippen LogP contribution in [0, 0.1) is 0 Å². The van der Waals surface area contributed by atoms with Crippen molar-refractivity contribution in [2.24, 2.45) is 10.7 Å². The number of benzene rings is 1. The molecule has 1 aromatic carbocycles. The summed E-state index contributed by atoms with van der Waals surface area (Å²) in [4.78, 5) is 4.34. The molecule has 0 aliphatic heterocycles. The van der Waals surface area contributed by atoms with Gasteiger partial charge >= 0.3 is 0 Å². The first-order chi connectivity index (χ1) is 6.74. The monoisotopic (exact) mass is 208 g/mol. The van der Waals surface area contributed by atoms with E-state index in [0.717, 1.165) is 12.1 Å². The van der Waals surface area contributed by atoms with Gasteiger partial charge in [-0.25, -0.2) is 0 Å². The van der Waals surface area contributed by atoms with E-state index in [-0.39, 0.29) is 0 Å². The Morgan fingerprint density at radius 3 is 2.64 bits per heavy atom. The van der Waals surface area contributed by atoms with Crippen LogP contribution in [0.3, 0.4) is 0 Å². The van der Waals surface area contributed by atoms with Crippen LogP contribution < -0.4 is 5.73 Å². The summed E-state index contributed by atoms with van der Waals surface area (Å²) in [7, 11) is 0. The molecule has 0 fully saturated rings. The van der Waals surface area contributed by atoms with Gasteiger partial charge in [0, 0.05) is 10.8 Å². The van der Waals surface area contributed by atoms with Crippen molar-refractivity contribution in [1.82, 2.24) is 0 Å². The summed E-state index contributed by atoms with van der Waals surface area (Å²) in [6.07, 6.45) is 2.08. The van der Waals surface area contributed by atoms with Crippen LogP contribution in [0.4, 0.5) is 0 Å². The zero-order valence-corrected chi connectivity index (χ0v) is 9.42. The minimum absolute atomic E-state index is 0.525. The molecule has 2 N–H and O–H groups in total. The SMILES string of the molecule is CSC(C)CN=C(N)c1ccccc1. The second-order valence-electron chi connectivity index (χ2n) is 3.14. The highest BCUT2D eigenvalue weighted by Gasteiger charge is 1.99. The first kappa shape index (κ1) is 11.1. The Morgan fingerprint density at radius 1 is 1.43 bits per heavy atom. The van der Waals surface area contributed by atoms with E-state index in [0.29, 0.717) is 11.1 Å². The van der Waals surface area contributed by atoms with E-state index >= 15 is 0 Å². The maximum Gasteiger partial charge on any atom is 0.125 e. The highest BCUT2D eigenvalue weighted by atomic mass is 32.2. The van der Waals surface area contributed by atoms with Crippen LogP contribution in [0.1, 0.15) is 12.5 Å². The average molecular weight is 208 g/mol. The van der Waals surface area contributed by atoms with E-state index < -0.39 is 0 Å². The molecular formula is C11H16N2S. The molecule has 0 spiro atoms. The third-order valence-corrected chi connectivity index (χ3v) is 2.94. The number of nitrogens with two attached hydrogens (primary N) is 1. The largest absolute Gasteiger partial charge is 0.384 e. The van der Waals surface area contributed by atoms with Gasteiger partial charge in [-0.3, -0.25) is 4.99 Å². The fourth-order valence-corrected chi connectivity index (χ4v) is 1.23. The van der Waals surface area contributed by atoms with Gasteiger partial charge in [-0.2, -0.15) is 11.8 Å². The molecule has 0 amide bonds. The fraction of sp³-hybridized carbons (Fsp3) is 0.364. The number of rotatable bonds is 4. The molecular weight excluding hydrogens is 192 g/mol. The molecule has 1 atom stereocenters. The van der Waals surface area contributed by atoms with Crippen molar-refractivity contribution in [1.29, 1.82) is 0 Å². The van der Waals surface area contributed by atoms with Crippen LogP contribution in [0.25, 0.3) is 0 Å². The Balaban J connectivity index is 2.61. The van der Waals surface area contributed by atoms with E-state index in [9.17, 15) is 0 Å². The van der Waals surface area contributed by atoms with Crippen LogP contribution in [0.5, 0.6) is 0 Å². The number of aliphatic imine (C=N–C) groups is 1. The number of amidine groups is 1. The van der Waals surface area contributed by atoms with E-state index in [2.05, 4.69) is 18.2 Å². The van der Waals surface area contributed by atoms with E-state index in [4.69, 9.17) is 5.73 Å². The maximum absolute atomic E-state index is 5.84. The first-order valence-electron chi connectivity index (χ1n) is 4.62. The van der Waals surface area contributed by atoms with Gasteiger partial charge in [0.25, 0.3) is 0 Å². The molecule has 0 radical (unpaired) electrons. The molecule has 3 heteroatoms. The topological polar surface area (TPSA) is 38.4 Å². The molecule has 0 aliphatic rings. The van der Waals surface area contributed by atoms with Crippen molar-refractivity contribution in [3.05, 3.63) is 35.9 Å². The normalized spacial score (nSPS) is 14.0. The molecule has 1 unspecified atom stereocenters. The van der Waals surface area contributed by atoms with Gasteiger partial charge < -0.3 is 5.73 Å². The van der Waals surface area contributed by atoms with Gasteiger partial charge in [0.1, 0.15) is 5.84 Å². The van der Waals surface area contributed by atoms with Crippen molar-refractivity contribution >= 4 is 17.6 Å². The summed E-state index contributed by atoms with van der Waals surface area (Å²) in [5, 5.41) is 0.525. The smallest absolute Gasteiger partial charge is 0.125 e. The molecule has 76 valence electrons. The van der Waals surface area contributed by atoms with Crippen molar-refractivity contribution < 1.29 is 0 Å². The summed E-state index contributed by atoms with van der Waals surface area (Å²) in [5.74, 6) is 0.631. The van der Waals surface area contributed by atoms with Gasteiger partial charge in [0.05, 0.1) is 6.54 Å². The molecule has 0 aliphatic carbocycles. The lowest BCUT2D eigenvalue weighted by atomic mass is 10.2. The van der Waals surface area contributed by atoms with Gasteiger partial charge in [0.15, 0.2) is 0 Å². The third kappa shape index (κ3) is 3.42. The second-order valence-corrected chi connectivity index (χ2v) is 4.41. The molecule has 1 aromatic rings. The van der Waals surface area contributed by atoms with Crippen LogP contribution in [-0.2, 0) is 0 Å². The molecule has 0 aromatic heterocycles. The molecule has 0 saturated carbocycles. The predicted molar refractivity (Wildman–Crippen MR) is 65.0 cm³/mol. The first-order valence-corrected chi connectivity index (χ1v) is 5.91. The highest BCUT2D eigenvalue weighted by Crippen LogP contribution is 2.05. The molecule has 2 nitrogen and oxygen atoms in total. The number of hydrogen-bond acceptors (Lipinski definition) is 2. The summed E-state index contributed by atoms with van der Waals surface area (Å²) < 4.78 is 0. The van der Waals surface area contributed by atoms with Gasteiger partial charge in [-0.1, -0.05) is 37.3 Å². The van der Waals surface area contributed by atoms with E-state index in [1.165, 1.54) is 0 Å². The quantitative estimate of drug-likeness (QED) is 0.608. The minimum atomic E-state index is 0.525. The number of hydrogen-bond donors (Lipinski definition) is 1. The zero-order valence-electron chi connectivity index (χ0n) is 8.60. The lowest BCUT2D eigenvalue weighted by molar-refractivity contribution is 0.952. The van der Waals surface area contributed by atoms with Crippen molar-refractivity contribution in [2.45, 2.75) is 12.2 Å². The number of nitrogens with zero attached hydrogens (tertiary/aromatic N) is 1. The minimum Gasteiger partial charge on any atom is -0.384 e. The molecule has 0 bridgehead atoms. The number of thioether (sulfide) groups is 1. The zero-order chi connectivity index (χ0) is 10.4. The van der Waals surface area contributed by atoms with Crippen molar-refractivity contribution in [3.63, 3.8) is 0 Å². The molecule has 1 rings (SSSR count). The van der Waals surface area contributed by atoms with Crippen LogP contribution in [0.15, 0.2) is 35.3 Å². The Kier molecular flexibility index (Phi) is 4.53. The lowest BCUT2D eigenvalue weighted by Gasteiger charge is -2.05. The van der Waals surface area contributed by atoms with Crippen molar-refractivity contribution in [2.75, 3.05) is 12.8 Å². The van der Waals surface area contributed by atoms with Crippen LogP contribution in [-0.4, -0.2) is 23.9 Å². The highest BCUT2D eigenvalue weighted by molar-refractivity contribution is 7.99. The van der Waals surface area contributed by atoms with E-state index in [1.807, 2.05) is 30.3 Å². The summed E-state index contributed by atoms with van der Waals surface area (Å²) >= 11 is 1.80. The molecule has 14 heavy (non-hydrogen) atoms. The van der Waals surface area contributed by atoms with Crippen molar-refractivity contribution in [3.8, 4) is 0 Å². The third-order valence-electron chi connectivity index (χ3n) is 1.99. The van der Waals surface area contributed by atoms with Crippen LogP contribution >= 0.6 is 11.8 Å². The summed E-state index contributed by atoms with van der Waals surface area (Å²) in [6.45, 7) is 2.92. The maximum atomic E-state index is 5.84. The Labute approximate surface area is 89.6 Å². The van der Waals surface area contributed by atoms with Gasteiger partial charge in [-0.15, -0.1) is 0 Å². The standard InChI is InChI=1S/C11H16N2S/c1-9(14-2)8-13-11(12)10-6-4-3-5-7-10/h3-7,9H,8H2,1-2H3,(H2,12,13).